The van der Waals surface area contributed by atoms with E-state index in [2.05, 4.69) is 10.3 Å². The van der Waals surface area contributed by atoms with Crippen LogP contribution in [0, 0.1) is 0 Å². The second-order valence-corrected chi connectivity index (χ2v) is 3.94. The topological polar surface area (TPSA) is 62.2 Å². The number of aromatic nitrogens is 1. The number of aliphatic carboxylic acids is 1. The van der Waals surface area contributed by atoms with Gasteiger partial charge in [0.05, 0.1) is 11.2 Å². The number of pyridine rings is 1. The Morgan fingerprint density at radius 3 is 2.88 bits per heavy atom. The average Bonchev–Trinajstić information content (AvgIpc) is 2.35. The van der Waals surface area contributed by atoms with Crippen molar-refractivity contribution in [1.82, 2.24) is 10.3 Å². The predicted octanol–water partition coefficient (Wildman–Crippen LogP) is 1.80. The summed E-state index contributed by atoms with van der Waals surface area (Å²) in [5.41, 5.74) is 1.77. The second kappa shape index (κ2) is 4.93. The van der Waals surface area contributed by atoms with Crippen LogP contribution in [0.4, 0.5) is 0 Å². The molecule has 0 bridgehead atoms. The minimum absolute atomic E-state index is 0.457. The molecule has 2 N–H and O–H groups in total. The number of fused-ring (bicyclic) bond motifs is 1. The molecule has 88 valence electrons. The van der Waals surface area contributed by atoms with Crippen molar-refractivity contribution in [2.45, 2.75) is 19.5 Å². The highest BCUT2D eigenvalue weighted by Gasteiger charge is 2.09. The van der Waals surface area contributed by atoms with Gasteiger partial charge >= 0.3 is 5.97 Å². The van der Waals surface area contributed by atoms with Crippen LogP contribution in [0.15, 0.2) is 36.4 Å². The molecule has 0 aliphatic rings. The van der Waals surface area contributed by atoms with E-state index >= 15 is 0 Å². The number of hydrogen-bond donors (Lipinski definition) is 2. The Hall–Kier alpha value is -1.94. The Labute approximate surface area is 99.3 Å². The average molecular weight is 230 g/mol. The third-order valence-electron chi connectivity index (χ3n) is 2.62. The Balaban J connectivity index is 2.12. The molecule has 1 aromatic heterocycles. The smallest absolute Gasteiger partial charge is 0.320 e. The van der Waals surface area contributed by atoms with E-state index in [0.29, 0.717) is 6.54 Å². The molecule has 2 aromatic rings. The van der Waals surface area contributed by atoms with Crippen molar-refractivity contribution in [3.63, 3.8) is 0 Å². The monoisotopic (exact) mass is 230 g/mol. The molecule has 1 heterocycles. The Morgan fingerprint density at radius 2 is 2.12 bits per heavy atom. The van der Waals surface area contributed by atoms with E-state index in [1.54, 1.807) is 6.92 Å². The molecular formula is C13H14N2O2. The maximum absolute atomic E-state index is 10.6. The van der Waals surface area contributed by atoms with Crippen molar-refractivity contribution in [2.24, 2.45) is 0 Å². The zero-order valence-corrected chi connectivity index (χ0v) is 9.55. The summed E-state index contributed by atoms with van der Waals surface area (Å²) in [7, 11) is 0. The SMILES string of the molecule is C[C@H](NCc1ccc2ccccc2n1)C(=O)O. The molecule has 0 saturated carbocycles. The highest BCUT2D eigenvalue weighted by Crippen LogP contribution is 2.11. The molecule has 0 aliphatic heterocycles. The van der Waals surface area contributed by atoms with Crippen molar-refractivity contribution in [3.8, 4) is 0 Å². The van der Waals surface area contributed by atoms with Gasteiger partial charge < -0.3 is 5.11 Å². The summed E-state index contributed by atoms with van der Waals surface area (Å²) in [5, 5.41) is 12.7. The molecule has 0 fully saturated rings. The van der Waals surface area contributed by atoms with Crippen LogP contribution in [0.25, 0.3) is 10.9 Å². The lowest BCUT2D eigenvalue weighted by atomic mass is 10.2. The minimum Gasteiger partial charge on any atom is -0.480 e. The molecule has 0 amide bonds. The van der Waals surface area contributed by atoms with Crippen molar-refractivity contribution >= 4 is 16.9 Å². The van der Waals surface area contributed by atoms with Crippen molar-refractivity contribution < 1.29 is 9.90 Å². The van der Waals surface area contributed by atoms with Crippen LogP contribution < -0.4 is 5.32 Å². The first-order chi connectivity index (χ1) is 8.16. The van der Waals surface area contributed by atoms with E-state index in [9.17, 15) is 4.79 Å². The van der Waals surface area contributed by atoms with Crippen LogP contribution in [0.2, 0.25) is 0 Å². The normalized spacial score (nSPS) is 12.5. The Bertz CT molecular complexity index is 540. The number of nitrogens with zero attached hydrogens (tertiary/aromatic N) is 1. The summed E-state index contributed by atoms with van der Waals surface area (Å²) in [4.78, 5) is 15.1. The predicted molar refractivity (Wildman–Crippen MR) is 65.7 cm³/mol. The van der Waals surface area contributed by atoms with Crippen LogP contribution in [0.3, 0.4) is 0 Å². The van der Waals surface area contributed by atoms with Gasteiger partial charge in [-0.15, -0.1) is 0 Å². The minimum atomic E-state index is -0.856. The molecule has 17 heavy (non-hydrogen) atoms. The Kier molecular flexibility index (Phi) is 3.35. The van der Waals surface area contributed by atoms with Crippen molar-refractivity contribution in [2.75, 3.05) is 0 Å². The van der Waals surface area contributed by atoms with Gasteiger partial charge in [0.1, 0.15) is 6.04 Å². The molecule has 4 nitrogen and oxygen atoms in total. The van der Waals surface area contributed by atoms with Gasteiger partial charge in [-0.2, -0.15) is 0 Å². The van der Waals surface area contributed by atoms with E-state index in [1.807, 2.05) is 36.4 Å². The van der Waals surface area contributed by atoms with Gasteiger partial charge in [-0.1, -0.05) is 24.3 Å². The van der Waals surface area contributed by atoms with Crippen LogP contribution in [0.5, 0.6) is 0 Å². The lowest BCUT2D eigenvalue weighted by Gasteiger charge is -2.08. The molecule has 0 saturated heterocycles. The van der Waals surface area contributed by atoms with Gasteiger partial charge in [0.2, 0.25) is 0 Å². The van der Waals surface area contributed by atoms with Gasteiger partial charge in [0.15, 0.2) is 0 Å². The van der Waals surface area contributed by atoms with E-state index in [4.69, 9.17) is 5.11 Å². The third-order valence-corrected chi connectivity index (χ3v) is 2.62. The van der Waals surface area contributed by atoms with Crippen LogP contribution in [0.1, 0.15) is 12.6 Å². The summed E-state index contributed by atoms with van der Waals surface area (Å²) in [5.74, 6) is -0.856. The molecule has 2 rings (SSSR count). The number of carboxylic acids is 1. The first kappa shape index (κ1) is 11.5. The summed E-state index contributed by atoms with van der Waals surface area (Å²) >= 11 is 0. The zero-order chi connectivity index (χ0) is 12.3. The second-order valence-electron chi connectivity index (χ2n) is 3.94. The lowest BCUT2D eigenvalue weighted by molar-refractivity contribution is -0.139. The quantitative estimate of drug-likeness (QED) is 0.840. The number of carbonyl (C=O) groups is 1. The number of hydrogen-bond acceptors (Lipinski definition) is 3. The fraction of sp³-hybridized carbons (Fsp3) is 0.231. The summed E-state index contributed by atoms with van der Waals surface area (Å²) < 4.78 is 0. The maximum Gasteiger partial charge on any atom is 0.320 e. The Morgan fingerprint density at radius 1 is 1.35 bits per heavy atom. The summed E-state index contributed by atoms with van der Waals surface area (Å²) in [6, 6.07) is 11.2. The molecule has 0 unspecified atom stereocenters. The standard InChI is InChI=1S/C13H14N2O2/c1-9(13(16)17)14-8-11-7-6-10-4-2-3-5-12(10)15-11/h2-7,9,14H,8H2,1H3,(H,16,17)/t9-/m0/s1. The van der Waals surface area contributed by atoms with Crippen LogP contribution in [-0.4, -0.2) is 22.1 Å². The molecule has 1 aromatic carbocycles. The molecule has 0 radical (unpaired) electrons. The van der Waals surface area contributed by atoms with Gasteiger partial charge in [-0.3, -0.25) is 15.1 Å². The van der Waals surface area contributed by atoms with E-state index in [0.717, 1.165) is 16.6 Å². The van der Waals surface area contributed by atoms with Gasteiger partial charge in [0.25, 0.3) is 0 Å². The van der Waals surface area contributed by atoms with Crippen molar-refractivity contribution in [3.05, 3.63) is 42.1 Å². The van der Waals surface area contributed by atoms with E-state index in [-0.39, 0.29) is 0 Å². The highest BCUT2D eigenvalue weighted by atomic mass is 16.4. The first-order valence-electron chi connectivity index (χ1n) is 5.47. The molecule has 4 heteroatoms. The number of rotatable bonds is 4. The first-order valence-corrected chi connectivity index (χ1v) is 5.47. The molecule has 1 atom stereocenters. The fourth-order valence-corrected chi connectivity index (χ4v) is 1.55. The fourth-order valence-electron chi connectivity index (χ4n) is 1.55. The van der Waals surface area contributed by atoms with E-state index in [1.165, 1.54) is 0 Å². The molecule has 0 spiro atoms. The number of carboxylic acid groups (broad SMARTS) is 1. The number of nitrogens with one attached hydrogen (secondary N) is 1. The molecular weight excluding hydrogens is 216 g/mol. The highest BCUT2D eigenvalue weighted by molar-refractivity contribution is 5.78. The summed E-state index contributed by atoms with van der Waals surface area (Å²) in [6.07, 6.45) is 0. The number of para-hydroxylation sites is 1. The van der Waals surface area contributed by atoms with Gasteiger partial charge in [-0.25, -0.2) is 0 Å². The zero-order valence-electron chi connectivity index (χ0n) is 9.55. The van der Waals surface area contributed by atoms with Crippen LogP contribution in [-0.2, 0) is 11.3 Å². The lowest BCUT2D eigenvalue weighted by Crippen LogP contribution is -2.33. The molecule has 0 aliphatic carbocycles. The third kappa shape index (κ3) is 2.79. The maximum atomic E-state index is 10.6. The largest absolute Gasteiger partial charge is 0.480 e. The van der Waals surface area contributed by atoms with Gasteiger partial charge in [0, 0.05) is 11.9 Å². The van der Waals surface area contributed by atoms with Crippen molar-refractivity contribution in [1.29, 1.82) is 0 Å². The van der Waals surface area contributed by atoms with Crippen LogP contribution >= 0.6 is 0 Å². The van der Waals surface area contributed by atoms with E-state index < -0.39 is 12.0 Å². The summed E-state index contributed by atoms with van der Waals surface area (Å²) in [6.45, 7) is 2.07. The number of benzene rings is 1. The van der Waals surface area contributed by atoms with Gasteiger partial charge in [-0.05, 0) is 19.1 Å².